The Balaban J connectivity index is 1.68. The van der Waals surface area contributed by atoms with Crippen LogP contribution in [0.25, 0.3) is 0 Å². The van der Waals surface area contributed by atoms with Crippen LogP contribution in [0.5, 0.6) is 0 Å². The van der Waals surface area contributed by atoms with Crippen LogP contribution in [0.2, 0.25) is 0 Å². The van der Waals surface area contributed by atoms with E-state index < -0.39 is 0 Å². The van der Waals surface area contributed by atoms with Gasteiger partial charge >= 0.3 is 0 Å². The molecule has 0 unspecified atom stereocenters. The predicted molar refractivity (Wildman–Crippen MR) is 56.5 cm³/mol. The minimum absolute atomic E-state index is 0.221. The second-order valence-electron chi connectivity index (χ2n) is 3.77. The molecule has 0 saturated carbocycles. The van der Waals surface area contributed by atoms with Crippen LogP contribution < -0.4 is 5.32 Å². The van der Waals surface area contributed by atoms with Crippen LogP contribution >= 0.6 is 0 Å². The smallest absolute Gasteiger partial charge is 0.115 e. The lowest BCUT2D eigenvalue weighted by molar-refractivity contribution is 0.155. The van der Waals surface area contributed by atoms with Gasteiger partial charge in [0.25, 0.3) is 0 Å². The van der Waals surface area contributed by atoms with Gasteiger partial charge in [-0.2, -0.15) is 0 Å². The standard InChI is InChI=1S/C10H15FN4/c11-2-1-3-15-6-10(7-15)14-9-4-12-8-13-5-9/h4-5,8,10,14H,1-3,6-7H2. The lowest BCUT2D eigenvalue weighted by Gasteiger charge is -2.39. The molecule has 4 nitrogen and oxygen atoms in total. The van der Waals surface area contributed by atoms with Gasteiger partial charge in [0.2, 0.25) is 0 Å². The number of nitrogens with one attached hydrogen (secondary N) is 1. The summed E-state index contributed by atoms with van der Waals surface area (Å²) >= 11 is 0. The molecule has 0 aliphatic carbocycles. The highest BCUT2D eigenvalue weighted by atomic mass is 19.1. The average Bonchev–Trinajstić information content (AvgIpc) is 2.23. The number of anilines is 1. The first-order chi connectivity index (χ1) is 7.38. The molecule has 0 bridgehead atoms. The maximum absolute atomic E-state index is 11.9. The molecule has 2 heterocycles. The molecule has 1 aliphatic rings. The molecule has 82 valence electrons. The predicted octanol–water partition coefficient (Wildman–Crippen LogP) is 0.932. The van der Waals surface area contributed by atoms with Gasteiger partial charge < -0.3 is 5.32 Å². The summed E-state index contributed by atoms with van der Waals surface area (Å²) in [7, 11) is 0. The zero-order valence-corrected chi connectivity index (χ0v) is 8.56. The van der Waals surface area contributed by atoms with E-state index in [0.717, 1.165) is 25.3 Å². The second kappa shape index (κ2) is 5.02. The van der Waals surface area contributed by atoms with E-state index in [1.54, 1.807) is 12.4 Å². The number of nitrogens with zero attached hydrogens (tertiary/aromatic N) is 3. The summed E-state index contributed by atoms with van der Waals surface area (Å²) in [4.78, 5) is 10.1. The monoisotopic (exact) mass is 210 g/mol. The fraction of sp³-hybridized carbons (Fsp3) is 0.600. The average molecular weight is 210 g/mol. The summed E-state index contributed by atoms with van der Waals surface area (Å²) in [6, 6.07) is 0.454. The van der Waals surface area contributed by atoms with E-state index in [9.17, 15) is 4.39 Å². The second-order valence-corrected chi connectivity index (χ2v) is 3.77. The molecule has 1 aromatic heterocycles. The summed E-state index contributed by atoms with van der Waals surface area (Å²) in [6.07, 6.45) is 5.68. The fourth-order valence-corrected chi connectivity index (χ4v) is 1.74. The quantitative estimate of drug-likeness (QED) is 0.785. The van der Waals surface area contributed by atoms with Crippen molar-refractivity contribution < 1.29 is 4.39 Å². The summed E-state index contributed by atoms with van der Waals surface area (Å²) in [5, 5.41) is 3.32. The van der Waals surface area contributed by atoms with Crippen molar-refractivity contribution in [3.63, 3.8) is 0 Å². The molecule has 0 amide bonds. The van der Waals surface area contributed by atoms with Gasteiger partial charge in [-0.15, -0.1) is 0 Å². The zero-order valence-electron chi connectivity index (χ0n) is 8.56. The van der Waals surface area contributed by atoms with E-state index in [1.807, 2.05) is 0 Å². The molecule has 0 radical (unpaired) electrons. The zero-order chi connectivity index (χ0) is 10.5. The van der Waals surface area contributed by atoms with Crippen molar-refractivity contribution in [2.75, 3.05) is 31.6 Å². The summed E-state index contributed by atoms with van der Waals surface area (Å²) < 4.78 is 11.9. The molecule has 1 N–H and O–H groups in total. The first-order valence-electron chi connectivity index (χ1n) is 5.18. The van der Waals surface area contributed by atoms with Crippen molar-refractivity contribution >= 4 is 5.69 Å². The highest BCUT2D eigenvalue weighted by Crippen LogP contribution is 2.13. The Morgan fingerprint density at radius 1 is 1.40 bits per heavy atom. The van der Waals surface area contributed by atoms with E-state index in [-0.39, 0.29) is 6.67 Å². The molecule has 1 aromatic rings. The van der Waals surface area contributed by atoms with Crippen molar-refractivity contribution in [3.05, 3.63) is 18.7 Å². The normalized spacial score (nSPS) is 17.4. The minimum atomic E-state index is -0.221. The van der Waals surface area contributed by atoms with Crippen molar-refractivity contribution in [2.45, 2.75) is 12.5 Å². The van der Waals surface area contributed by atoms with Gasteiger partial charge in [0.1, 0.15) is 6.33 Å². The van der Waals surface area contributed by atoms with Crippen LogP contribution in [0.15, 0.2) is 18.7 Å². The number of halogens is 1. The van der Waals surface area contributed by atoms with Gasteiger partial charge in [-0.25, -0.2) is 9.97 Å². The van der Waals surface area contributed by atoms with Crippen molar-refractivity contribution in [2.24, 2.45) is 0 Å². The minimum Gasteiger partial charge on any atom is -0.377 e. The van der Waals surface area contributed by atoms with Gasteiger partial charge in [0.15, 0.2) is 0 Å². The molecule has 1 aliphatic heterocycles. The molecule has 1 saturated heterocycles. The van der Waals surface area contributed by atoms with Crippen LogP contribution in [0.4, 0.5) is 10.1 Å². The Morgan fingerprint density at radius 3 is 2.80 bits per heavy atom. The highest BCUT2D eigenvalue weighted by molar-refractivity contribution is 5.39. The fourth-order valence-electron chi connectivity index (χ4n) is 1.74. The molecule has 2 rings (SSSR count). The van der Waals surface area contributed by atoms with E-state index in [4.69, 9.17) is 0 Å². The van der Waals surface area contributed by atoms with Crippen LogP contribution in [0.3, 0.4) is 0 Å². The van der Waals surface area contributed by atoms with Crippen LogP contribution in [0, 0.1) is 0 Å². The van der Waals surface area contributed by atoms with Crippen LogP contribution in [0.1, 0.15) is 6.42 Å². The van der Waals surface area contributed by atoms with E-state index >= 15 is 0 Å². The summed E-state index contributed by atoms with van der Waals surface area (Å²) in [6.45, 7) is 2.60. The Kier molecular flexibility index (Phi) is 3.45. The van der Waals surface area contributed by atoms with Crippen molar-refractivity contribution in [1.29, 1.82) is 0 Å². The summed E-state index contributed by atoms with van der Waals surface area (Å²) in [5.41, 5.74) is 0.952. The van der Waals surface area contributed by atoms with Gasteiger partial charge in [0.05, 0.1) is 30.8 Å². The lowest BCUT2D eigenvalue weighted by atomic mass is 10.1. The van der Waals surface area contributed by atoms with E-state index in [2.05, 4.69) is 20.2 Å². The Morgan fingerprint density at radius 2 is 2.13 bits per heavy atom. The molecular formula is C10H15FN4. The largest absolute Gasteiger partial charge is 0.377 e. The Hall–Kier alpha value is -1.23. The molecule has 0 aromatic carbocycles. The van der Waals surface area contributed by atoms with Gasteiger partial charge in [-0.3, -0.25) is 9.29 Å². The third-order valence-electron chi connectivity index (χ3n) is 2.50. The topological polar surface area (TPSA) is 41.0 Å². The number of hydrogen-bond donors (Lipinski definition) is 1. The van der Waals surface area contributed by atoms with Crippen molar-refractivity contribution in [3.8, 4) is 0 Å². The van der Waals surface area contributed by atoms with Gasteiger partial charge in [0, 0.05) is 19.6 Å². The molecular weight excluding hydrogens is 195 g/mol. The Bertz CT molecular complexity index is 287. The molecule has 5 heteroatoms. The van der Waals surface area contributed by atoms with E-state index in [0.29, 0.717) is 12.5 Å². The van der Waals surface area contributed by atoms with Crippen LogP contribution in [-0.4, -0.2) is 47.2 Å². The molecule has 0 atom stereocenters. The lowest BCUT2D eigenvalue weighted by Crippen LogP contribution is -2.54. The van der Waals surface area contributed by atoms with Gasteiger partial charge in [-0.1, -0.05) is 0 Å². The molecule has 1 fully saturated rings. The molecule has 15 heavy (non-hydrogen) atoms. The Labute approximate surface area is 88.5 Å². The first kappa shape index (κ1) is 10.3. The third kappa shape index (κ3) is 2.86. The first-order valence-corrected chi connectivity index (χ1v) is 5.18. The van der Waals surface area contributed by atoms with Gasteiger partial charge in [-0.05, 0) is 6.42 Å². The number of hydrogen-bond acceptors (Lipinski definition) is 4. The maximum Gasteiger partial charge on any atom is 0.115 e. The maximum atomic E-state index is 11.9. The van der Waals surface area contributed by atoms with Crippen LogP contribution in [-0.2, 0) is 0 Å². The molecule has 0 spiro atoms. The highest BCUT2D eigenvalue weighted by Gasteiger charge is 2.25. The third-order valence-corrected chi connectivity index (χ3v) is 2.50. The SMILES string of the molecule is FCCCN1CC(Nc2cncnc2)C1. The summed E-state index contributed by atoms with van der Waals surface area (Å²) in [5.74, 6) is 0. The number of likely N-dealkylation sites (tertiary alicyclic amines) is 1. The number of aromatic nitrogens is 2. The number of rotatable bonds is 5. The van der Waals surface area contributed by atoms with Crippen molar-refractivity contribution in [1.82, 2.24) is 14.9 Å². The van der Waals surface area contributed by atoms with E-state index in [1.165, 1.54) is 6.33 Å². The number of alkyl halides is 1.